The lowest BCUT2D eigenvalue weighted by atomic mass is 9.77. The molecule has 0 aromatic rings. The van der Waals surface area contributed by atoms with Gasteiger partial charge in [-0.2, -0.15) is 0 Å². The van der Waals surface area contributed by atoms with Gasteiger partial charge in [0.25, 0.3) is 0 Å². The zero-order valence-corrected chi connectivity index (χ0v) is 11.6. The lowest BCUT2D eigenvalue weighted by Crippen LogP contribution is -2.42. The minimum Gasteiger partial charge on any atom is -0.355 e. The largest absolute Gasteiger partial charge is 0.355 e. The minimum atomic E-state index is -0.0809. The fraction of sp³-hybridized carbons (Fsp3) is 0.929. The number of carbonyl (C=O) groups excluding carboxylic acids is 1. The van der Waals surface area contributed by atoms with Gasteiger partial charge >= 0.3 is 0 Å². The molecule has 1 aliphatic carbocycles. The van der Waals surface area contributed by atoms with Crippen molar-refractivity contribution in [3.8, 4) is 0 Å². The first-order valence-corrected chi connectivity index (χ1v) is 6.98. The van der Waals surface area contributed by atoms with Crippen molar-refractivity contribution in [3.63, 3.8) is 0 Å². The van der Waals surface area contributed by atoms with Gasteiger partial charge in [-0.15, -0.1) is 0 Å². The summed E-state index contributed by atoms with van der Waals surface area (Å²) in [5, 5.41) is 3.10. The summed E-state index contributed by atoms with van der Waals surface area (Å²) in [6, 6.07) is 0. The van der Waals surface area contributed by atoms with Crippen LogP contribution in [0.4, 0.5) is 0 Å². The molecule has 3 heteroatoms. The summed E-state index contributed by atoms with van der Waals surface area (Å²) in [4.78, 5) is 12.4. The Morgan fingerprint density at radius 1 is 1.29 bits per heavy atom. The molecule has 3 N–H and O–H groups in total. The van der Waals surface area contributed by atoms with Crippen LogP contribution in [0.1, 0.15) is 52.9 Å². The van der Waals surface area contributed by atoms with E-state index in [2.05, 4.69) is 26.1 Å². The minimum absolute atomic E-state index is 0.0809. The number of hydrogen-bond donors (Lipinski definition) is 2. The second-order valence-electron chi connectivity index (χ2n) is 6.14. The fourth-order valence-corrected chi connectivity index (χ4v) is 2.89. The number of nitrogens with two attached hydrogens (primary N) is 1. The first kappa shape index (κ1) is 14.5. The van der Waals surface area contributed by atoms with E-state index in [0.29, 0.717) is 18.4 Å². The third-order valence-electron chi connectivity index (χ3n) is 3.85. The molecule has 1 amide bonds. The molecule has 0 aliphatic heterocycles. The molecule has 0 spiro atoms. The number of hydrogen-bond acceptors (Lipinski definition) is 2. The number of nitrogens with one attached hydrogen (secondary N) is 1. The first-order chi connectivity index (χ1) is 8.00. The summed E-state index contributed by atoms with van der Waals surface area (Å²) in [6.07, 6.45) is 5.55. The van der Waals surface area contributed by atoms with Crippen molar-refractivity contribution in [2.24, 2.45) is 23.0 Å². The molecule has 0 radical (unpaired) electrons. The molecule has 0 bridgehead atoms. The lowest BCUT2D eigenvalue weighted by molar-refractivity contribution is -0.131. The van der Waals surface area contributed by atoms with E-state index in [0.717, 1.165) is 25.8 Å². The van der Waals surface area contributed by atoms with Gasteiger partial charge in [0.2, 0.25) is 5.91 Å². The van der Waals surface area contributed by atoms with Gasteiger partial charge in [-0.25, -0.2) is 0 Å². The normalized spacial score (nSPS) is 20.5. The van der Waals surface area contributed by atoms with Crippen molar-refractivity contribution in [2.45, 2.75) is 52.9 Å². The van der Waals surface area contributed by atoms with Gasteiger partial charge in [0.05, 0.1) is 0 Å². The summed E-state index contributed by atoms with van der Waals surface area (Å²) in [5.74, 6) is 1.23. The Hall–Kier alpha value is -0.570. The smallest absolute Gasteiger partial charge is 0.226 e. The van der Waals surface area contributed by atoms with Crippen molar-refractivity contribution < 1.29 is 4.79 Å². The monoisotopic (exact) mass is 240 g/mol. The van der Waals surface area contributed by atoms with Crippen LogP contribution in [0, 0.1) is 17.3 Å². The van der Waals surface area contributed by atoms with Crippen molar-refractivity contribution in [1.29, 1.82) is 0 Å². The highest BCUT2D eigenvalue weighted by molar-refractivity contribution is 5.82. The van der Waals surface area contributed by atoms with Crippen LogP contribution in [-0.4, -0.2) is 19.0 Å². The van der Waals surface area contributed by atoms with Crippen LogP contribution in [0.25, 0.3) is 0 Å². The van der Waals surface area contributed by atoms with Crippen molar-refractivity contribution >= 4 is 5.91 Å². The highest BCUT2D eigenvalue weighted by Crippen LogP contribution is 2.43. The highest BCUT2D eigenvalue weighted by atomic mass is 16.2. The van der Waals surface area contributed by atoms with Gasteiger partial charge in [0.1, 0.15) is 0 Å². The molecule has 1 saturated carbocycles. The van der Waals surface area contributed by atoms with E-state index >= 15 is 0 Å². The summed E-state index contributed by atoms with van der Waals surface area (Å²) < 4.78 is 0. The summed E-state index contributed by atoms with van der Waals surface area (Å²) in [7, 11) is 0. The van der Waals surface area contributed by atoms with Crippen LogP contribution in [0.2, 0.25) is 0 Å². The molecule has 3 nitrogen and oxygen atoms in total. The van der Waals surface area contributed by atoms with E-state index in [-0.39, 0.29) is 11.3 Å². The second-order valence-corrected chi connectivity index (χ2v) is 6.14. The predicted molar refractivity (Wildman–Crippen MR) is 71.6 cm³/mol. The van der Waals surface area contributed by atoms with Crippen molar-refractivity contribution in [1.82, 2.24) is 5.32 Å². The predicted octanol–water partition coefficient (Wildman–Crippen LogP) is 2.30. The maximum absolute atomic E-state index is 12.4. The van der Waals surface area contributed by atoms with Crippen LogP contribution in [0.5, 0.6) is 0 Å². The molecule has 0 saturated heterocycles. The van der Waals surface area contributed by atoms with Gasteiger partial charge in [-0.05, 0) is 37.6 Å². The number of rotatable bonds is 6. The van der Waals surface area contributed by atoms with Crippen molar-refractivity contribution in [3.05, 3.63) is 0 Å². The maximum Gasteiger partial charge on any atom is 0.226 e. The van der Waals surface area contributed by atoms with Gasteiger partial charge < -0.3 is 11.1 Å². The summed E-state index contributed by atoms with van der Waals surface area (Å²) in [5.41, 5.74) is 5.49. The molecule has 1 atom stereocenters. The molecule has 1 aliphatic rings. The summed E-state index contributed by atoms with van der Waals surface area (Å²) >= 11 is 0. The molecule has 17 heavy (non-hydrogen) atoms. The quantitative estimate of drug-likeness (QED) is 0.748. The Morgan fingerprint density at radius 3 is 2.35 bits per heavy atom. The SMILES string of the molecule is CC(C)CC1(C(=O)NCC(C)CN)CCCC1. The average molecular weight is 240 g/mol. The molecule has 1 fully saturated rings. The third kappa shape index (κ3) is 3.98. The van der Waals surface area contributed by atoms with Crippen LogP contribution in [0.3, 0.4) is 0 Å². The second kappa shape index (κ2) is 6.39. The van der Waals surface area contributed by atoms with E-state index in [1.807, 2.05) is 0 Å². The average Bonchev–Trinajstić information content (AvgIpc) is 2.74. The fourth-order valence-electron chi connectivity index (χ4n) is 2.89. The third-order valence-corrected chi connectivity index (χ3v) is 3.85. The molecule has 1 rings (SSSR count). The topological polar surface area (TPSA) is 55.1 Å². The van der Waals surface area contributed by atoms with E-state index in [9.17, 15) is 4.79 Å². The van der Waals surface area contributed by atoms with E-state index in [4.69, 9.17) is 5.73 Å². The Balaban J connectivity index is 2.55. The van der Waals surface area contributed by atoms with Gasteiger partial charge in [-0.1, -0.05) is 33.6 Å². The molecule has 0 aromatic carbocycles. The van der Waals surface area contributed by atoms with Crippen LogP contribution in [-0.2, 0) is 4.79 Å². The Bertz CT molecular complexity index is 245. The Kier molecular flexibility index (Phi) is 5.44. The van der Waals surface area contributed by atoms with Crippen LogP contribution in [0.15, 0.2) is 0 Å². The van der Waals surface area contributed by atoms with E-state index < -0.39 is 0 Å². The summed E-state index contributed by atoms with van der Waals surface area (Å²) in [6.45, 7) is 7.84. The Morgan fingerprint density at radius 2 is 1.88 bits per heavy atom. The number of carbonyl (C=O) groups is 1. The molecule has 0 aromatic heterocycles. The zero-order chi connectivity index (χ0) is 12.9. The van der Waals surface area contributed by atoms with Gasteiger partial charge in [-0.3, -0.25) is 4.79 Å². The van der Waals surface area contributed by atoms with Gasteiger partial charge in [0, 0.05) is 12.0 Å². The molecular formula is C14H28N2O. The maximum atomic E-state index is 12.4. The highest BCUT2D eigenvalue weighted by Gasteiger charge is 2.41. The molecular weight excluding hydrogens is 212 g/mol. The van der Waals surface area contributed by atoms with E-state index in [1.54, 1.807) is 0 Å². The first-order valence-electron chi connectivity index (χ1n) is 6.98. The number of amides is 1. The van der Waals surface area contributed by atoms with E-state index in [1.165, 1.54) is 12.8 Å². The van der Waals surface area contributed by atoms with Gasteiger partial charge in [0.15, 0.2) is 0 Å². The van der Waals surface area contributed by atoms with Crippen LogP contribution >= 0.6 is 0 Å². The molecule has 100 valence electrons. The zero-order valence-electron chi connectivity index (χ0n) is 11.6. The molecule has 1 unspecified atom stereocenters. The lowest BCUT2D eigenvalue weighted by Gasteiger charge is -2.30. The van der Waals surface area contributed by atoms with Crippen LogP contribution < -0.4 is 11.1 Å². The molecule has 0 heterocycles. The Labute approximate surface area is 106 Å². The van der Waals surface area contributed by atoms with Crippen molar-refractivity contribution in [2.75, 3.05) is 13.1 Å². The standard InChI is InChI=1S/C14H28N2O/c1-11(2)8-14(6-4-5-7-14)13(17)16-10-12(3)9-15/h11-12H,4-10,15H2,1-3H3,(H,16,17).